The lowest BCUT2D eigenvalue weighted by Gasteiger charge is -1.98. The average molecular weight is 234 g/mol. The van der Waals surface area contributed by atoms with Crippen LogP contribution in [0.25, 0.3) is 5.70 Å². The Morgan fingerprint density at radius 1 is 1.78 bits per heavy atom. The number of alkyl halides is 1. The van der Waals surface area contributed by atoms with Gasteiger partial charge >= 0.3 is 0 Å². The van der Waals surface area contributed by atoms with Gasteiger partial charge in [-0.1, -0.05) is 29.2 Å². The first kappa shape index (κ1) is 6.80. The summed E-state index contributed by atoms with van der Waals surface area (Å²) in [5, 5.41) is 0. The second kappa shape index (κ2) is 3.00. The molecule has 0 unspecified atom stereocenters. The molecule has 0 radical (unpaired) electrons. The third kappa shape index (κ3) is 1.54. The van der Waals surface area contributed by atoms with Crippen LogP contribution in [0.1, 0.15) is 0 Å². The maximum atomic E-state index is 3.89. The van der Waals surface area contributed by atoms with E-state index in [0.717, 1.165) is 10.1 Å². The van der Waals surface area contributed by atoms with Gasteiger partial charge < -0.3 is 4.57 Å². The molecular weight excluding hydrogens is 227 g/mol. The summed E-state index contributed by atoms with van der Waals surface area (Å²) in [5.41, 5.74) is 1.06. The van der Waals surface area contributed by atoms with E-state index in [1.54, 1.807) is 12.5 Å². The standard InChI is InChI=1S/C6H7IN2/c1-6(4-7)9-3-2-8-5-9/h2-3,5H,1,4H2. The smallest absolute Gasteiger partial charge is 0.0989 e. The summed E-state index contributed by atoms with van der Waals surface area (Å²) in [4.78, 5) is 3.89. The Bertz CT molecular complexity index is 191. The van der Waals surface area contributed by atoms with E-state index in [-0.39, 0.29) is 0 Å². The number of halogens is 1. The maximum Gasteiger partial charge on any atom is 0.0989 e. The monoisotopic (exact) mass is 234 g/mol. The number of rotatable bonds is 2. The summed E-state index contributed by atoms with van der Waals surface area (Å²) < 4.78 is 2.85. The van der Waals surface area contributed by atoms with Crippen molar-refractivity contribution in [2.24, 2.45) is 0 Å². The van der Waals surface area contributed by atoms with Crippen molar-refractivity contribution in [3.05, 3.63) is 25.3 Å². The molecule has 1 heterocycles. The number of allylic oxidation sites excluding steroid dienone is 1. The van der Waals surface area contributed by atoms with E-state index in [9.17, 15) is 0 Å². The molecule has 0 fully saturated rings. The van der Waals surface area contributed by atoms with Crippen LogP contribution in [0.4, 0.5) is 0 Å². The lowest BCUT2D eigenvalue weighted by molar-refractivity contribution is 1.09. The molecule has 1 rings (SSSR count). The summed E-state index contributed by atoms with van der Waals surface area (Å²) in [6.07, 6.45) is 5.39. The van der Waals surface area contributed by atoms with Crippen LogP contribution >= 0.6 is 22.6 Å². The summed E-state index contributed by atoms with van der Waals surface area (Å²) in [6.45, 7) is 3.83. The molecule has 0 aliphatic carbocycles. The zero-order valence-electron chi connectivity index (χ0n) is 4.92. The zero-order chi connectivity index (χ0) is 6.69. The van der Waals surface area contributed by atoms with Gasteiger partial charge in [0.1, 0.15) is 0 Å². The van der Waals surface area contributed by atoms with Crippen LogP contribution in [0, 0.1) is 0 Å². The SMILES string of the molecule is C=C(CI)n1ccnc1. The number of nitrogens with zero attached hydrogens (tertiary/aromatic N) is 2. The van der Waals surface area contributed by atoms with Gasteiger partial charge in [-0.05, 0) is 0 Å². The number of hydrogen-bond acceptors (Lipinski definition) is 1. The Kier molecular flexibility index (Phi) is 2.27. The first-order valence-corrected chi connectivity index (χ1v) is 4.09. The van der Waals surface area contributed by atoms with Crippen LogP contribution in [0.3, 0.4) is 0 Å². The van der Waals surface area contributed by atoms with E-state index in [2.05, 4.69) is 34.2 Å². The highest BCUT2D eigenvalue weighted by molar-refractivity contribution is 14.1. The van der Waals surface area contributed by atoms with Crippen molar-refractivity contribution in [1.29, 1.82) is 0 Å². The highest BCUT2D eigenvalue weighted by Gasteiger charge is 1.90. The Balaban J connectivity index is 2.77. The summed E-state index contributed by atoms with van der Waals surface area (Å²) in [5.74, 6) is 0. The van der Waals surface area contributed by atoms with Crippen LogP contribution in [-0.2, 0) is 0 Å². The van der Waals surface area contributed by atoms with Gasteiger partial charge in [0.05, 0.1) is 6.33 Å². The molecule has 0 spiro atoms. The summed E-state index contributed by atoms with van der Waals surface area (Å²) in [7, 11) is 0. The van der Waals surface area contributed by atoms with Gasteiger partial charge in [-0.2, -0.15) is 0 Å². The first-order chi connectivity index (χ1) is 4.34. The third-order valence-corrected chi connectivity index (χ3v) is 1.90. The second-order valence-electron chi connectivity index (χ2n) is 1.67. The van der Waals surface area contributed by atoms with Crippen molar-refractivity contribution in [2.45, 2.75) is 0 Å². The fourth-order valence-corrected chi connectivity index (χ4v) is 0.909. The van der Waals surface area contributed by atoms with Crippen molar-refractivity contribution in [2.75, 3.05) is 4.43 Å². The van der Waals surface area contributed by atoms with Gasteiger partial charge in [0.2, 0.25) is 0 Å². The van der Waals surface area contributed by atoms with Crippen LogP contribution in [0.15, 0.2) is 25.3 Å². The molecule has 0 aliphatic heterocycles. The van der Waals surface area contributed by atoms with Crippen molar-refractivity contribution in [3.63, 3.8) is 0 Å². The first-order valence-electron chi connectivity index (χ1n) is 2.56. The third-order valence-electron chi connectivity index (χ3n) is 1.02. The Morgan fingerprint density at radius 3 is 3.00 bits per heavy atom. The molecule has 0 saturated carbocycles. The van der Waals surface area contributed by atoms with Crippen molar-refractivity contribution in [1.82, 2.24) is 9.55 Å². The predicted octanol–water partition coefficient (Wildman–Crippen LogP) is 1.79. The minimum atomic E-state index is 0.939. The van der Waals surface area contributed by atoms with Crippen molar-refractivity contribution >= 4 is 28.3 Å². The molecule has 0 aromatic carbocycles. The maximum absolute atomic E-state index is 3.89. The molecule has 0 aliphatic rings. The molecular formula is C6H7IN2. The molecule has 0 saturated heterocycles. The minimum Gasteiger partial charge on any atom is -0.310 e. The van der Waals surface area contributed by atoms with Gasteiger partial charge in [0.15, 0.2) is 0 Å². The molecule has 0 bridgehead atoms. The van der Waals surface area contributed by atoms with Crippen molar-refractivity contribution < 1.29 is 0 Å². The molecule has 3 heteroatoms. The van der Waals surface area contributed by atoms with Crippen molar-refractivity contribution in [3.8, 4) is 0 Å². The van der Waals surface area contributed by atoms with Crippen LogP contribution < -0.4 is 0 Å². The minimum absolute atomic E-state index is 0.939. The molecule has 1 aromatic rings. The molecule has 9 heavy (non-hydrogen) atoms. The van der Waals surface area contributed by atoms with Crippen LogP contribution in [-0.4, -0.2) is 14.0 Å². The normalized spacial score (nSPS) is 9.44. The van der Waals surface area contributed by atoms with Gasteiger partial charge in [-0.25, -0.2) is 4.98 Å². The van der Waals surface area contributed by atoms with E-state index in [1.165, 1.54) is 0 Å². The Hall–Kier alpha value is -0.320. The summed E-state index contributed by atoms with van der Waals surface area (Å²) in [6, 6.07) is 0. The van der Waals surface area contributed by atoms with E-state index >= 15 is 0 Å². The molecule has 0 N–H and O–H groups in total. The number of hydrogen-bond donors (Lipinski definition) is 0. The fourth-order valence-electron chi connectivity index (χ4n) is 0.515. The van der Waals surface area contributed by atoms with E-state index < -0.39 is 0 Å². The highest BCUT2D eigenvalue weighted by atomic mass is 127. The molecule has 1 aromatic heterocycles. The lowest BCUT2D eigenvalue weighted by Crippen LogP contribution is -1.91. The largest absolute Gasteiger partial charge is 0.310 e. The van der Waals surface area contributed by atoms with Gasteiger partial charge in [0, 0.05) is 22.5 Å². The lowest BCUT2D eigenvalue weighted by atomic mass is 10.6. The highest BCUT2D eigenvalue weighted by Crippen LogP contribution is 2.02. The topological polar surface area (TPSA) is 17.8 Å². The van der Waals surface area contributed by atoms with Gasteiger partial charge in [-0.15, -0.1) is 0 Å². The number of aromatic nitrogens is 2. The Labute approximate surface area is 67.7 Å². The molecule has 0 atom stereocenters. The van der Waals surface area contributed by atoms with E-state index in [4.69, 9.17) is 0 Å². The average Bonchev–Trinajstić information content (AvgIpc) is 2.37. The predicted molar refractivity (Wildman–Crippen MR) is 46.4 cm³/mol. The fraction of sp³-hybridized carbons (Fsp3) is 0.167. The zero-order valence-corrected chi connectivity index (χ0v) is 7.08. The summed E-state index contributed by atoms with van der Waals surface area (Å²) >= 11 is 2.27. The molecule has 0 amide bonds. The molecule has 2 nitrogen and oxygen atoms in total. The second-order valence-corrected chi connectivity index (χ2v) is 2.43. The van der Waals surface area contributed by atoms with Crippen LogP contribution in [0.2, 0.25) is 0 Å². The van der Waals surface area contributed by atoms with E-state index in [0.29, 0.717) is 0 Å². The van der Waals surface area contributed by atoms with Gasteiger partial charge in [-0.3, -0.25) is 0 Å². The van der Waals surface area contributed by atoms with E-state index in [1.807, 2.05) is 10.8 Å². The van der Waals surface area contributed by atoms with Crippen LogP contribution in [0.5, 0.6) is 0 Å². The Morgan fingerprint density at radius 2 is 2.56 bits per heavy atom. The van der Waals surface area contributed by atoms with Gasteiger partial charge in [0.25, 0.3) is 0 Å². The molecule has 48 valence electrons. The number of imidazole rings is 1. The quantitative estimate of drug-likeness (QED) is 0.563.